The molecule has 0 spiro atoms. The summed E-state index contributed by atoms with van der Waals surface area (Å²) in [5.74, 6) is 3.80. The quantitative estimate of drug-likeness (QED) is 0.539. The van der Waals surface area contributed by atoms with E-state index in [1.54, 1.807) is 55.6 Å². The molecule has 0 aliphatic heterocycles. The molecule has 0 saturated heterocycles. The highest BCUT2D eigenvalue weighted by Gasteiger charge is 2.29. The first-order valence-corrected chi connectivity index (χ1v) is 7.90. The van der Waals surface area contributed by atoms with E-state index in [2.05, 4.69) is 5.92 Å². The molecule has 5 nitrogen and oxygen atoms in total. The normalized spacial score (nSPS) is 12.9. The topological polar surface area (TPSA) is 68.2 Å². The van der Waals surface area contributed by atoms with Crippen LogP contribution in [0.15, 0.2) is 48.5 Å². The fraction of sp³-hybridized carbons (Fsp3) is 0.300. The first kappa shape index (κ1) is 18.8. The van der Waals surface area contributed by atoms with Crippen molar-refractivity contribution in [2.24, 2.45) is 0 Å². The number of aliphatic hydroxyl groups is 2. The maximum absolute atomic E-state index is 10.9. The van der Waals surface area contributed by atoms with Crippen LogP contribution in [-0.4, -0.2) is 43.8 Å². The van der Waals surface area contributed by atoms with E-state index in [9.17, 15) is 5.11 Å². The molecule has 2 aromatic carbocycles. The summed E-state index contributed by atoms with van der Waals surface area (Å²) < 4.78 is 15.8. The van der Waals surface area contributed by atoms with Crippen LogP contribution in [0.4, 0.5) is 0 Å². The third kappa shape index (κ3) is 4.74. The van der Waals surface area contributed by atoms with E-state index in [-0.39, 0.29) is 6.61 Å². The van der Waals surface area contributed by atoms with Gasteiger partial charge in [-0.3, -0.25) is 0 Å². The largest absolute Gasteiger partial charge is 0.497 e. The van der Waals surface area contributed by atoms with Crippen molar-refractivity contribution in [3.05, 3.63) is 59.7 Å². The molecule has 25 heavy (non-hydrogen) atoms. The van der Waals surface area contributed by atoms with E-state index in [1.807, 2.05) is 0 Å². The van der Waals surface area contributed by atoms with E-state index in [0.717, 1.165) is 0 Å². The molecule has 0 radical (unpaired) electrons. The molecule has 0 aliphatic rings. The Hall–Kier alpha value is -2.52. The van der Waals surface area contributed by atoms with Crippen LogP contribution >= 0.6 is 0 Å². The molecule has 1 atom stereocenters. The highest BCUT2D eigenvalue weighted by Crippen LogP contribution is 2.31. The molecule has 1 unspecified atom stereocenters. The third-order valence-electron chi connectivity index (χ3n) is 3.72. The molecule has 0 fully saturated rings. The molecule has 0 amide bonds. The van der Waals surface area contributed by atoms with E-state index < -0.39 is 5.60 Å². The van der Waals surface area contributed by atoms with E-state index in [4.69, 9.17) is 25.7 Å². The van der Waals surface area contributed by atoms with Gasteiger partial charge in [-0.1, -0.05) is 30.2 Å². The Labute approximate surface area is 147 Å². The smallest absolute Gasteiger partial charge is 0.176 e. The van der Waals surface area contributed by atoms with Crippen LogP contribution in [0.3, 0.4) is 0 Å². The minimum Gasteiger partial charge on any atom is -0.497 e. The van der Waals surface area contributed by atoms with Gasteiger partial charge in [0.2, 0.25) is 0 Å². The predicted molar refractivity (Wildman–Crippen MR) is 94.7 cm³/mol. The lowest BCUT2D eigenvalue weighted by Crippen LogP contribution is -2.24. The molecule has 2 rings (SSSR count). The molecule has 132 valence electrons. The third-order valence-corrected chi connectivity index (χ3v) is 3.72. The van der Waals surface area contributed by atoms with Crippen molar-refractivity contribution in [2.75, 3.05) is 33.5 Å². The number of rotatable bonds is 9. The SMILES string of the molecule is C#CC(O)(c1ccc(OC)cc1)c1ccc(OCCOCCO)cc1. The Morgan fingerprint density at radius 1 is 0.920 bits per heavy atom. The summed E-state index contributed by atoms with van der Waals surface area (Å²) in [4.78, 5) is 0. The van der Waals surface area contributed by atoms with Gasteiger partial charge in [0.05, 0.1) is 26.9 Å². The van der Waals surface area contributed by atoms with Gasteiger partial charge < -0.3 is 24.4 Å². The summed E-state index contributed by atoms with van der Waals surface area (Å²) in [6.45, 7) is 1.05. The zero-order valence-electron chi connectivity index (χ0n) is 14.1. The van der Waals surface area contributed by atoms with Crippen molar-refractivity contribution in [1.82, 2.24) is 0 Å². The van der Waals surface area contributed by atoms with Crippen molar-refractivity contribution >= 4 is 0 Å². The average molecular weight is 342 g/mol. The number of terminal acetylenes is 1. The number of benzene rings is 2. The van der Waals surface area contributed by atoms with Crippen molar-refractivity contribution in [1.29, 1.82) is 0 Å². The predicted octanol–water partition coefficient (Wildman–Crippen LogP) is 1.95. The molecule has 0 aromatic heterocycles. The van der Waals surface area contributed by atoms with Crippen molar-refractivity contribution < 1.29 is 24.4 Å². The van der Waals surface area contributed by atoms with Crippen LogP contribution in [0.2, 0.25) is 0 Å². The second kappa shape index (κ2) is 9.09. The minimum atomic E-state index is -1.53. The van der Waals surface area contributed by atoms with Crippen LogP contribution in [0.5, 0.6) is 11.5 Å². The Kier molecular flexibility index (Phi) is 6.84. The van der Waals surface area contributed by atoms with Gasteiger partial charge in [0.15, 0.2) is 5.60 Å². The molecular weight excluding hydrogens is 320 g/mol. The first-order valence-electron chi connectivity index (χ1n) is 7.90. The second-order valence-corrected chi connectivity index (χ2v) is 5.29. The zero-order chi connectivity index (χ0) is 18.1. The lowest BCUT2D eigenvalue weighted by Gasteiger charge is -2.23. The van der Waals surface area contributed by atoms with Gasteiger partial charge in [-0.05, 0) is 24.3 Å². The summed E-state index contributed by atoms with van der Waals surface area (Å²) in [5, 5.41) is 19.6. The summed E-state index contributed by atoms with van der Waals surface area (Å²) >= 11 is 0. The van der Waals surface area contributed by atoms with Crippen LogP contribution in [0, 0.1) is 12.3 Å². The summed E-state index contributed by atoms with van der Waals surface area (Å²) in [6, 6.07) is 13.9. The van der Waals surface area contributed by atoms with Gasteiger partial charge in [-0.15, -0.1) is 6.42 Å². The Bertz CT molecular complexity index is 688. The standard InChI is InChI=1S/C20H22O5/c1-3-20(22,16-4-8-18(23-2)9-5-16)17-6-10-19(11-7-17)25-15-14-24-13-12-21/h1,4-11,21-22H,12-15H2,2H3. The van der Waals surface area contributed by atoms with Crippen LogP contribution in [-0.2, 0) is 10.3 Å². The molecule has 0 aliphatic carbocycles. The van der Waals surface area contributed by atoms with Gasteiger partial charge in [-0.25, -0.2) is 0 Å². The number of hydrogen-bond donors (Lipinski definition) is 2. The monoisotopic (exact) mass is 342 g/mol. The average Bonchev–Trinajstić information content (AvgIpc) is 2.68. The molecule has 2 N–H and O–H groups in total. The van der Waals surface area contributed by atoms with Gasteiger partial charge in [0.1, 0.15) is 18.1 Å². The molecule has 5 heteroatoms. The van der Waals surface area contributed by atoms with Crippen molar-refractivity contribution in [3.8, 4) is 23.8 Å². The second-order valence-electron chi connectivity index (χ2n) is 5.29. The fourth-order valence-corrected chi connectivity index (χ4v) is 2.34. The van der Waals surface area contributed by atoms with Gasteiger partial charge in [-0.2, -0.15) is 0 Å². The molecular formula is C20H22O5. The van der Waals surface area contributed by atoms with E-state index in [0.29, 0.717) is 42.4 Å². The Morgan fingerprint density at radius 3 is 1.96 bits per heavy atom. The first-order chi connectivity index (χ1) is 12.1. The van der Waals surface area contributed by atoms with E-state index >= 15 is 0 Å². The van der Waals surface area contributed by atoms with E-state index in [1.165, 1.54) is 0 Å². The molecule has 0 heterocycles. The van der Waals surface area contributed by atoms with Crippen molar-refractivity contribution in [2.45, 2.75) is 5.60 Å². The summed E-state index contributed by atoms with van der Waals surface area (Å²) in [6.07, 6.45) is 5.61. The summed E-state index contributed by atoms with van der Waals surface area (Å²) in [7, 11) is 1.58. The van der Waals surface area contributed by atoms with Gasteiger partial charge in [0, 0.05) is 11.1 Å². The van der Waals surface area contributed by atoms with Crippen LogP contribution in [0.25, 0.3) is 0 Å². The molecule has 0 bridgehead atoms. The Balaban J connectivity index is 2.08. The highest BCUT2D eigenvalue weighted by atomic mass is 16.5. The van der Waals surface area contributed by atoms with Crippen LogP contribution in [0.1, 0.15) is 11.1 Å². The van der Waals surface area contributed by atoms with Gasteiger partial charge >= 0.3 is 0 Å². The molecule has 2 aromatic rings. The maximum Gasteiger partial charge on any atom is 0.176 e. The zero-order valence-corrected chi connectivity index (χ0v) is 14.1. The maximum atomic E-state index is 10.9. The molecule has 0 saturated carbocycles. The van der Waals surface area contributed by atoms with Crippen LogP contribution < -0.4 is 9.47 Å². The number of methoxy groups -OCH3 is 1. The lowest BCUT2D eigenvalue weighted by molar-refractivity contribution is 0.0705. The van der Waals surface area contributed by atoms with Gasteiger partial charge in [0.25, 0.3) is 0 Å². The lowest BCUT2D eigenvalue weighted by atomic mass is 9.87. The number of ether oxygens (including phenoxy) is 3. The number of hydrogen-bond acceptors (Lipinski definition) is 5. The Morgan fingerprint density at radius 2 is 1.48 bits per heavy atom. The number of aliphatic hydroxyl groups excluding tert-OH is 1. The summed E-state index contributed by atoms with van der Waals surface area (Å²) in [5.41, 5.74) is -0.374. The van der Waals surface area contributed by atoms with Crippen molar-refractivity contribution in [3.63, 3.8) is 0 Å². The minimum absolute atomic E-state index is 0.00920. The highest BCUT2D eigenvalue weighted by molar-refractivity contribution is 5.46. The fourth-order valence-electron chi connectivity index (χ4n) is 2.34.